The number of nitrogens with zero attached hydrogens (tertiary/aromatic N) is 2. The van der Waals surface area contributed by atoms with E-state index < -0.39 is 0 Å². The monoisotopic (exact) mass is 224 g/mol. The van der Waals surface area contributed by atoms with Gasteiger partial charge in [0.25, 0.3) is 11.7 Å². The molecule has 0 radical (unpaired) electrons. The summed E-state index contributed by atoms with van der Waals surface area (Å²) in [5.74, 6) is 0.826. The molecule has 1 aromatic heterocycles. The van der Waals surface area contributed by atoms with Crippen LogP contribution in [0.2, 0.25) is 0 Å². The number of aromatic nitrogens is 2. The molecule has 1 saturated heterocycles. The van der Waals surface area contributed by atoms with Crippen LogP contribution in [0.1, 0.15) is 29.4 Å². The molecule has 0 bridgehead atoms. The molecule has 1 aliphatic heterocycles. The van der Waals surface area contributed by atoms with Gasteiger partial charge in [0.2, 0.25) is 5.89 Å². The van der Waals surface area contributed by atoms with Crippen LogP contribution in [-0.2, 0) is 0 Å². The predicted octanol–water partition coefficient (Wildman–Crippen LogP) is 0.107. The fourth-order valence-electron chi connectivity index (χ4n) is 1.79. The minimum absolute atomic E-state index is 0.117. The van der Waals surface area contributed by atoms with E-state index in [2.05, 4.69) is 20.8 Å². The fourth-order valence-corrected chi connectivity index (χ4v) is 1.79. The van der Waals surface area contributed by atoms with Crippen molar-refractivity contribution in [3.63, 3.8) is 0 Å². The van der Waals surface area contributed by atoms with Gasteiger partial charge >= 0.3 is 0 Å². The molecule has 0 aliphatic carbocycles. The summed E-state index contributed by atoms with van der Waals surface area (Å²) in [4.78, 5) is 15.5. The predicted molar refractivity (Wildman–Crippen MR) is 57.0 cm³/mol. The smallest absolute Gasteiger partial charge is 0.292 e. The van der Waals surface area contributed by atoms with Crippen LogP contribution in [0.5, 0.6) is 0 Å². The number of hydrogen-bond donors (Lipinski definition) is 2. The molecule has 1 aliphatic rings. The van der Waals surface area contributed by atoms with E-state index in [9.17, 15) is 4.79 Å². The maximum absolute atomic E-state index is 11.6. The van der Waals surface area contributed by atoms with Crippen molar-refractivity contribution >= 4 is 5.91 Å². The van der Waals surface area contributed by atoms with Crippen LogP contribution < -0.4 is 10.6 Å². The Balaban J connectivity index is 1.79. The first-order valence-corrected chi connectivity index (χ1v) is 5.55. The highest BCUT2D eigenvalue weighted by Gasteiger charge is 2.16. The maximum Gasteiger partial charge on any atom is 0.292 e. The lowest BCUT2D eigenvalue weighted by atomic mass is 9.98. The molecule has 0 atom stereocenters. The van der Waals surface area contributed by atoms with E-state index >= 15 is 0 Å². The van der Waals surface area contributed by atoms with Gasteiger partial charge in [-0.05, 0) is 31.8 Å². The number of nitrogens with one attached hydrogen (secondary N) is 2. The molecule has 0 unspecified atom stereocenters. The highest BCUT2D eigenvalue weighted by Crippen LogP contribution is 2.09. The number of piperidine rings is 1. The van der Waals surface area contributed by atoms with E-state index in [1.807, 2.05) is 0 Å². The average molecular weight is 224 g/mol. The van der Waals surface area contributed by atoms with Crippen LogP contribution in [0.25, 0.3) is 0 Å². The number of rotatable bonds is 3. The van der Waals surface area contributed by atoms with Gasteiger partial charge < -0.3 is 15.2 Å². The summed E-state index contributed by atoms with van der Waals surface area (Å²) in [6, 6.07) is 0. The molecule has 88 valence electrons. The zero-order valence-corrected chi connectivity index (χ0v) is 9.32. The molecule has 2 heterocycles. The van der Waals surface area contributed by atoms with Crippen molar-refractivity contribution in [2.24, 2.45) is 5.92 Å². The Morgan fingerprint density at radius 2 is 2.31 bits per heavy atom. The maximum atomic E-state index is 11.6. The summed E-state index contributed by atoms with van der Waals surface area (Å²) < 4.78 is 4.75. The summed E-state index contributed by atoms with van der Waals surface area (Å²) in [5.41, 5.74) is 0. The van der Waals surface area contributed by atoms with Crippen molar-refractivity contribution in [1.82, 2.24) is 20.8 Å². The second-order valence-electron chi connectivity index (χ2n) is 4.04. The Kier molecular flexibility index (Phi) is 3.51. The summed E-state index contributed by atoms with van der Waals surface area (Å²) in [7, 11) is 0. The van der Waals surface area contributed by atoms with E-state index in [4.69, 9.17) is 4.52 Å². The van der Waals surface area contributed by atoms with Crippen molar-refractivity contribution in [1.29, 1.82) is 0 Å². The molecule has 0 aromatic carbocycles. The van der Waals surface area contributed by atoms with Crippen molar-refractivity contribution in [3.8, 4) is 0 Å². The van der Waals surface area contributed by atoms with Gasteiger partial charge in [0.1, 0.15) is 0 Å². The molecule has 2 N–H and O–H groups in total. The Morgan fingerprint density at radius 3 is 2.94 bits per heavy atom. The van der Waals surface area contributed by atoms with Gasteiger partial charge in [-0.25, -0.2) is 0 Å². The standard InChI is InChI=1S/C10H16N4O2/c1-7-13-9(14-16-7)10(15)12-6-8-2-4-11-5-3-8/h8,11H,2-6H2,1H3,(H,12,15). The van der Waals surface area contributed by atoms with Crippen molar-refractivity contribution < 1.29 is 9.32 Å². The van der Waals surface area contributed by atoms with Gasteiger partial charge in [0.15, 0.2) is 0 Å². The van der Waals surface area contributed by atoms with E-state index in [1.165, 1.54) is 0 Å². The lowest BCUT2D eigenvalue weighted by molar-refractivity contribution is 0.0931. The van der Waals surface area contributed by atoms with Crippen molar-refractivity contribution in [2.45, 2.75) is 19.8 Å². The first-order valence-electron chi connectivity index (χ1n) is 5.55. The summed E-state index contributed by atoms with van der Waals surface area (Å²) in [5, 5.41) is 9.68. The van der Waals surface area contributed by atoms with E-state index in [1.54, 1.807) is 6.92 Å². The van der Waals surface area contributed by atoms with E-state index in [0.717, 1.165) is 25.9 Å². The van der Waals surface area contributed by atoms with Crippen LogP contribution in [0.4, 0.5) is 0 Å². The van der Waals surface area contributed by atoms with E-state index in [0.29, 0.717) is 18.4 Å². The highest BCUT2D eigenvalue weighted by molar-refractivity contribution is 5.90. The topological polar surface area (TPSA) is 80.0 Å². The minimum Gasteiger partial charge on any atom is -0.349 e. The van der Waals surface area contributed by atoms with Gasteiger partial charge in [-0.2, -0.15) is 4.98 Å². The fraction of sp³-hybridized carbons (Fsp3) is 0.700. The number of carbonyl (C=O) groups excluding carboxylic acids is 1. The van der Waals surface area contributed by atoms with Gasteiger partial charge in [-0.3, -0.25) is 4.79 Å². The molecule has 0 saturated carbocycles. The largest absolute Gasteiger partial charge is 0.349 e. The number of carbonyl (C=O) groups is 1. The zero-order chi connectivity index (χ0) is 11.4. The SMILES string of the molecule is Cc1nc(C(=O)NCC2CCNCC2)no1. The van der Waals surface area contributed by atoms with Gasteiger partial charge in [0.05, 0.1) is 0 Å². The molecule has 2 rings (SSSR count). The second kappa shape index (κ2) is 5.07. The van der Waals surface area contributed by atoms with Crippen LogP contribution in [-0.4, -0.2) is 35.7 Å². The second-order valence-corrected chi connectivity index (χ2v) is 4.04. The van der Waals surface area contributed by atoms with Gasteiger partial charge in [0, 0.05) is 13.5 Å². The third kappa shape index (κ3) is 2.79. The first kappa shape index (κ1) is 11.1. The molecule has 1 fully saturated rings. The normalized spacial score (nSPS) is 17.3. The van der Waals surface area contributed by atoms with Gasteiger partial charge in [-0.15, -0.1) is 0 Å². The molecular weight excluding hydrogens is 208 g/mol. The summed E-state index contributed by atoms with van der Waals surface area (Å²) in [6.45, 7) is 4.41. The summed E-state index contributed by atoms with van der Waals surface area (Å²) in [6.07, 6.45) is 2.21. The summed E-state index contributed by atoms with van der Waals surface area (Å²) >= 11 is 0. The lowest BCUT2D eigenvalue weighted by Crippen LogP contribution is -2.36. The highest BCUT2D eigenvalue weighted by atomic mass is 16.5. The van der Waals surface area contributed by atoms with E-state index in [-0.39, 0.29) is 11.7 Å². The molecule has 0 spiro atoms. The van der Waals surface area contributed by atoms with Crippen LogP contribution >= 0.6 is 0 Å². The Hall–Kier alpha value is -1.43. The molecule has 1 amide bonds. The van der Waals surface area contributed by atoms with Crippen LogP contribution in [0, 0.1) is 12.8 Å². The van der Waals surface area contributed by atoms with Crippen molar-refractivity contribution in [2.75, 3.05) is 19.6 Å². The van der Waals surface area contributed by atoms with Gasteiger partial charge in [-0.1, -0.05) is 5.16 Å². The molecule has 1 aromatic rings. The van der Waals surface area contributed by atoms with Crippen molar-refractivity contribution in [3.05, 3.63) is 11.7 Å². The molecular formula is C10H16N4O2. The number of amides is 1. The number of aryl methyl sites for hydroxylation is 1. The first-order chi connectivity index (χ1) is 7.75. The Labute approximate surface area is 93.8 Å². The number of hydrogen-bond acceptors (Lipinski definition) is 5. The molecule has 6 nitrogen and oxygen atoms in total. The quantitative estimate of drug-likeness (QED) is 0.761. The molecule has 16 heavy (non-hydrogen) atoms. The van der Waals surface area contributed by atoms with Crippen LogP contribution in [0.15, 0.2) is 4.52 Å². The minimum atomic E-state index is -0.254. The lowest BCUT2D eigenvalue weighted by Gasteiger charge is -2.22. The molecule has 6 heteroatoms. The Morgan fingerprint density at radius 1 is 1.56 bits per heavy atom. The zero-order valence-electron chi connectivity index (χ0n) is 9.32. The van der Waals surface area contributed by atoms with Crippen LogP contribution in [0.3, 0.4) is 0 Å². The third-order valence-electron chi connectivity index (χ3n) is 2.74. The Bertz CT molecular complexity index is 357. The average Bonchev–Trinajstić information content (AvgIpc) is 2.74. The third-order valence-corrected chi connectivity index (χ3v) is 2.74.